The summed E-state index contributed by atoms with van der Waals surface area (Å²) in [4.78, 5) is 0. The van der Waals surface area contributed by atoms with E-state index < -0.39 is 14.5 Å². The first kappa shape index (κ1) is 22.7. The van der Waals surface area contributed by atoms with E-state index in [4.69, 9.17) is 0 Å². The molecule has 0 aliphatic carbocycles. The van der Waals surface area contributed by atoms with Gasteiger partial charge in [-0.2, -0.15) is 0 Å². The van der Waals surface area contributed by atoms with Crippen molar-refractivity contribution in [2.75, 3.05) is 0 Å². The number of halogens is 8. The van der Waals surface area contributed by atoms with Crippen LogP contribution in [0, 0.1) is 0 Å². The first-order valence-electron chi connectivity index (χ1n) is 1.75. The third-order valence-electron chi connectivity index (χ3n) is 0. The van der Waals surface area contributed by atoms with Crippen molar-refractivity contribution in [3.63, 3.8) is 0 Å². The molecule has 0 aromatic rings. The van der Waals surface area contributed by atoms with Gasteiger partial charge >= 0.3 is 34.0 Å². The molecule has 12 heteroatoms. The Bertz CT molecular complexity index is 60.0. The van der Waals surface area contributed by atoms with Crippen molar-refractivity contribution in [2.45, 2.75) is 0 Å². The Hall–Kier alpha value is 0.153. The molecule has 2 N–H and O–H groups in total. The second-order valence-corrected chi connectivity index (χ2v) is 0.990. The minimum atomic E-state index is -6.00. The Labute approximate surface area is 74.8 Å². The van der Waals surface area contributed by atoms with Gasteiger partial charge in [-0.1, -0.05) is 0 Å². The summed E-state index contributed by atoms with van der Waals surface area (Å²) in [5, 5.41) is 0. The van der Waals surface area contributed by atoms with E-state index in [9.17, 15) is 34.5 Å². The summed E-state index contributed by atoms with van der Waals surface area (Å²) in [7, 11) is -12.0. The molecule has 72 valence electrons. The SMILES string of the molecule is F[B-](F)(F)F.F[B-](F)(F)F.O.[Zn+2]. The van der Waals surface area contributed by atoms with Crippen molar-refractivity contribution in [2.24, 2.45) is 0 Å². The first-order chi connectivity index (χ1) is 4.00. The van der Waals surface area contributed by atoms with Crippen LogP contribution in [0.4, 0.5) is 34.5 Å². The molecule has 0 fully saturated rings. The van der Waals surface area contributed by atoms with Gasteiger partial charge in [-0.15, -0.1) is 0 Å². The molecule has 0 unspecified atom stereocenters. The minimum Gasteiger partial charge on any atom is -0.418 e. The smallest absolute Gasteiger partial charge is 0.418 e. The summed E-state index contributed by atoms with van der Waals surface area (Å²) < 4.78 is 78.0. The van der Waals surface area contributed by atoms with Gasteiger partial charge in [0.2, 0.25) is 0 Å². The van der Waals surface area contributed by atoms with Crippen LogP contribution in [0.2, 0.25) is 0 Å². The van der Waals surface area contributed by atoms with E-state index in [-0.39, 0.29) is 25.0 Å². The molecule has 0 aromatic carbocycles. The molecular weight excluding hydrogens is 255 g/mol. The van der Waals surface area contributed by atoms with Crippen LogP contribution in [0.5, 0.6) is 0 Å². The van der Waals surface area contributed by atoms with Crippen molar-refractivity contribution in [3.05, 3.63) is 0 Å². The van der Waals surface area contributed by atoms with Gasteiger partial charge in [-0.05, 0) is 0 Å². The van der Waals surface area contributed by atoms with Gasteiger partial charge in [0.25, 0.3) is 0 Å². The summed E-state index contributed by atoms with van der Waals surface area (Å²) in [6, 6.07) is 0. The van der Waals surface area contributed by atoms with E-state index in [1.54, 1.807) is 0 Å². The van der Waals surface area contributed by atoms with E-state index in [2.05, 4.69) is 0 Å². The second-order valence-electron chi connectivity index (χ2n) is 0.990. The molecular formula is H2B2F8OZn. The number of hydrogen-bond donors (Lipinski definition) is 0. The second kappa shape index (κ2) is 7.78. The number of hydrogen-bond acceptors (Lipinski definition) is 0. The average molecular weight is 257 g/mol. The van der Waals surface area contributed by atoms with Crippen LogP contribution < -0.4 is 0 Å². The van der Waals surface area contributed by atoms with Gasteiger partial charge < -0.3 is 40.0 Å². The Balaban J connectivity index is -0.0000000457. The minimum absolute atomic E-state index is 0. The standard InChI is InChI=1S/2BF4.H2O.Zn/c2*2-1(3,4)5;;/h;;1H2;/q2*-1;;+2. The molecule has 0 rings (SSSR count). The van der Waals surface area contributed by atoms with Crippen LogP contribution in [0.25, 0.3) is 0 Å². The Kier molecular flexibility index (Phi) is 14.8. The van der Waals surface area contributed by atoms with Crippen molar-refractivity contribution in [3.8, 4) is 0 Å². The summed E-state index contributed by atoms with van der Waals surface area (Å²) in [5.74, 6) is 0. The quantitative estimate of drug-likeness (QED) is 0.468. The third-order valence-corrected chi connectivity index (χ3v) is 0. The first-order valence-corrected chi connectivity index (χ1v) is 1.75. The molecule has 0 bridgehead atoms. The summed E-state index contributed by atoms with van der Waals surface area (Å²) in [6.07, 6.45) is 0. The Morgan fingerprint density at radius 3 is 0.500 bits per heavy atom. The molecule has 0 aliphatic rings. The normalized spacial score (nSPS) is 10.0. The van der Waals surface area contributed by atoms with Crippen LogP contribution in [0.15, 0.2) is 0 Å². The van der Waals surface area contributed by atoms with E-state index in [1.807, 2.05) is 0 Å². The Morgan fingerprint density at radius 1 is 0.500 bits per heavy atom. The molecule has 0 amide bonds. The zero-order valence-corrected chi connectivity index (χ0v) is 8.35. The zero-order chi connectivity index (χ0) is 9.00. The zero-order valence-electron chi connectivity index (χ0n) is 5.39. The van der Waals surface area contributed by atoms with E-state index in [0.29, 0.717) is 0 Å². The summed E-state index contributed by atoms with van der Waals surface area (Å²) in [5.41, 5.74) is 0. The molecule has 0 spiro atoms. The van der Waals surface area contributed by atoms with Crippen LogP contribution >= 0.6 is 0 Å². The molecule has 0 radical (unpaired) electrons. The number of rotatable bonds is 0. The maximum Gasteiger partial charge on any atom is 2.00 e. The maximum atomic E-state index is 9.75. The van der Waals surface area contributed by atoms with Crippen molar-refractivity contribution < 1.29 is 59.5 Å². The Morgan fingerprint density at radius 2 is 0.500 bits per heavy atom. The fourth-order valence-corrected chi connectivity index (χ4v) is 0. The molecule has 1 nitrogen and oxygen atoms in total. The monoisotopic (exact) mass is 256 g/mol. The van der Waals surface area contributed by atoms with E-state index in [0.717, 1.165) is 0 Å². The average Bonchev–Trinajstić information content (AvgIpc) is 1.12. The molecule has 0 saturated carbocycles. The fourth-order valence-electron chi connectivity index (χ4n) is 0. The fraction of sp³-hybridized carbons (Fsp3) is 0. The van der Waals surface area contributed by atoms with Gasteiger partial charge in [-0.25, -0.2) is 0 Å². The van der Waals surface area contributed by atoms with Crippen molar-refractivity contribution >= 4 is 14.5 Å². The summed E-state index contributed by atoms with van der Waals surface area (Å²) in [6.45, 7) is 0. The van der Waals surface area contributed by atoms with Crippen LogP contribution in [0.3, 0.4) is 0 Å². The van der Waals surface area contributed by atoms with Crippen LogP contribution in [-0.2, 0) is 19.5 Å². The van der Waals surface area contributed by atoms with Gasteiger partial charge in [0.15, 0.2) is 0 Å². The largest absolute Gasteiger partial charge is 2.00 e. The van der Waals surface area contributed by atoms with Gasteiger partial charge in [0, 0.05) is 0 Å². The van der Waals surface area contributed by atoms with E-state index >= 15 is 0 Å². The molecule has 0 heterocycles. The third kappa shape index (κ3) is 36200. The molecule has 0 saturated heterocycles. The van der Waals surface area contributed by atoms with Gasteiger partial charge in [0.1, 0.15) is 0 Å². The molecule has 12 heavy (non-hydrogen) atoms. The van der Waals surface area contributed by atoms with Crippen molar-refractivity contribution in [1.82, 2.24) is 0 Å². The van der Waals surface area contributed by atoms with E-state index in [1.165, 1.54) is 0 Å². The van der Waals surface area contributed by atoms with Crippen molar-refractivity contribution in [1.29, 1.82) is 0 Å². The predicted octanol–water partition coefficient (Wildman–Crippen LogP) is 1.77. The predicted molar refractivity (Wildman–Crippen MR) is 24.0 cm³/mol. The van der Waals surface area contributed by atoms with Crippen LogP contribution in [0.1, 0.15) is 0 Å². The maximum absolute atomic E-state index is 9.75. The molecule has 0 atom stereocenters. The molecule has 0 aromatic heterocycles. The van der Waals surface area contributed by atoms with Gasteiger partial charge in [0.05, 0.1) is 0 Å². The summed E-state index contributed by atoms with van der Waals surface area (Å²) >= 11 is 0. The van der Waals surface area contributed by atoms with Gasteiger partial charge in [-0.3, -0.25) is 0 Å². The topological polar surface area (TPSA) is 31.5 Å². The van der Waals surface area contributed by atoms with Crippen LogP contribution in [-0.4, -0.2) is 20.0 Å². The molecule has 0 aliphatic heterocycles.